The Labute approximate surface area is 195 Å². The van der Waals surface area contributed by atoms with Crippen LogP contribution in [0.15, 0.2) is 35.9 Å². The van der Waals surface area contributed by atoms with E-state index in [4.69, 9.17) is 4.74 Å². The molecule has 0 aromatic heterocycles. The summed E-state index contributed by atoms with van der Waals surface area (Å²) >= 11 is 0. The molecule has 32 heavy (non-hydrogen) atoms. The van der Waals surface area contributed by atoms with Crippen molar-refractivity contribution in [2.24, 2.45) is 11.3 Å². The van der Waals surface area contributed by atoms with Crippen LogP contribution >= 0.6 is 0 Å². The van der Waals surface area contributed by atoms with Gasteiger partial charge in [-0.1, -0.05) is 48.9 Å². The molecular weight excluding hydrogens is 396 g/mol. The summed E-state index contributed by atoms with van der Waals surface area (Å²) in [7, 11) is 0. The first-order chi connectivity index (χ1) is 15.1. The summed E-state index contributed by atoms with van der Waals surface area (Å²) in [6.45, 7) is 12.7. The van der Waals surface area contributed by atoms with Crippen molar-refractivity contribution in [3.8, 4) is 0 Å². The number of esters is 1. The number of ether oxygens (including phenoxy) is 1. The van der Waals surface area contributed by atoms with Crippen LogP contribution in [0, 0.1) is 11.3 Å². The van der Waals surface area contributed by atoms with Crippen molar-refractivity contribution in [1.29, 1.82) is 0 Å². The maximum absolute atomic E-state index is 12.5. The second-order valence-electron chi connectivity index (χ2n) is 11.4. The molecule has 4 nitrogen and oxygen atoms in total. The number of hydrogen-bond acceptors (Lipinski definition) is 4. The van der Waals surface area contributed by atoms with Crippen LogP contribution in [0.2, 0.25) is 0 Å². The van der Waals surface area contributed by atoms with Crippen molar-refractivity contribution >= 4 is 12.0 Å². The van der Waals surface area contributed by atoms with Gasteiger partial charge in [-0.25, -0.2) is 0 Å². The van der Waals surface area contributed by atoms with Crippen molar-refractivity contribution in [1.82, 2.24) is 10.6 Å². The number of benzene rings is 1. The highest BCUT2D eigenvalue weighted by Gasteiger charge is 2.40. The summed E-state index contributed by atoms with van der Waals surface area (Å²) in [5.74, 6) is 0.577. The maximum Gasteiger partial charge on any atom is 0.313 e. The van der Waals surface area contributed by atoms with Crippen molar-refractivity contribution in [3.63, 3.8) is 0 Å². The Balaban J connectivity index is 1.39. The predicted octanol–water partition coefficient (Wildman–Crippen LogP) is 5.73. The average molecular weight is 441 g/mol. The van der Waals surface area contributed by atoms with Gasteiger partial charge in [0.2, 0.25) is 0 Å². The fourth-order valence-electron chi connectivity index (χ4n) is 4.68. The van der Waals surface area contributed by atoms with E-state index in [0.717, 1.165) is 6.42 Å². The fourth-order valence-corrected chi connectivity index (χ4v) is 4.68. The summed E-state index contributed by atoms with van der Waals surface area (Å²) in [6, 6.07) is 12.5. The van der Waals surface area contributed by atoms with Gasteiger partial charge in [0.15, 0.2) is 0 Å². The van der Waals surface area contributed by atoms with Crippen LogP contribution in [-0.2, 0) is 9.53 Å². The fraction of sp³-hybridized carbons (Fsp3) is 0.679. The van der Waals surface area contributed by atoms with E-state index in [1.165, 1.54) is 37.7 Å². The molecule has 0 bridgehead atoms. The third-order valence-electron chi connectivity index (χ3n) is 6.79. The normalized spacial score (nSPS) is 26.6. The molecule has 1 aromatic rings. The Morgan fingerprint density at radius 3 is 2.25 bits per heavy atom. The van der Waals surface area contributed by atoms with E-state index in [1.54, 1.807) is 5.57 Å². The zero-order valence-corrected chi connectivity index (χ0v) is 21.0. The summed E-state index contributed by atoms with van der Waals surface area (Å²) in [5.41, 5.74) is 1.95. The Morgan fingerprint density at radius 1 is 1.03 bits per heavy atom. The Bertz CT molecular complexity index is 770. The quantitative estimate of drug-likeness (QED) is 0.482. The monoisotopic (exact) mass is 440 g/mol. The lowest BCUT2D eigenvalue weighted by Gasteiger charge is -2.33. The van der Waals surface area contributed by atoms with Crippen LogP contribution in [0.3, 0.4) is 0 Å². The molecule has 2 aliphatic carbocycles. The van der Waals surface area contributed by atoms with Gasteiger partial charge in [-0.15, -0.1) is 0 Å². The van der Waals surface area contributed by atoms with Crippen LogP contribution in [-0.4, -0.2) is 36.2 Å². The molecule has 2 aliphatic rings. The number of carbonyl (C=O) groups excluding carboxylic acids is 1. The molecule has 0 saturated heterocycles. The molecule has 4 heteroatoms. The van der Waals surface area contributed by atoms with E-state index in [-0.39, 0.29) is 5.97 Å². The zero-order valence-electron chi connectivity index (χ0n) is 21.0. The second kappa shape index (κ2) is 10.5. The van der Waals surface area contributed by atoms with Gasteiger partial charge in [0.25, 0.3) is 0 Å². The Kier molecular flexibility index (Phi) is 8.21. The molecule has 2 saturated carbocycles. The molecule has 178 valence electrons. The number of rotatable bonds is 9. The molecule has 0 radical (unpaired) electrons. The maximum atomic E-state index is 12.5. The molecule has 1 aromatic carbocycles. The molecule has 3 rings (SSSR count). The average Bonchev–Trinajstić information content (AvgIpc) is 3.50. The van der Waals surface area contributed by atoms with E-state index < -0.39 is 11.0 Å². The molecule has 1 unspecified atom stereocenters. The van der Waals surface area contributed by atoms with Gasteiger partial charge in [-0.2, -0.15) is 0 Å². The summed E-state index contributed by atoms with van der Waals surface area (Å²) < 4.78 is 5.59. The largest absolute Gasteiger partial charge is 0.460 e. The van der Waals surface area contributed by atoms with Crippen molar-refractivity contribution in [2.75, 3.05) is 6.54 Å². The van der Waals surface area contributed by atoms with Crippen LogP contribution in [0.25, 0.3) is 6.08 Å². The van der Waals surface area contributed by atoms with Crippen molar-refractivity contribution in [3.05, 3.63) is 41.5 Å². The first-order valence-electron chi connectivity index (χ1n) is 12.6. The van der Waals surface area contributed by atoms with Gasteiger partial charge in [0, 0.05) is 24.7 Å². The minimum atomic E-state index is -0.509. The van der Waals surface area contributed by atoms with Crippen LogP contribution in [0.4, 0.5) is 0 Å². The van der Waals surface area contributed by atoms with Crippen molar-refractivity contribution < 1.29 is 9.53 Å². The molecular formula is C28H44N2O2. The van der Waals surface area contributed by atoms with Gasteiger partial charge < -0.3 is 15.4 Å². The van der Waals surface area contributed by atoms with Gasteiger partial charge in [0.05, 0.1) is 5.41 Å². The first-order valence-corrected chi connectivity index (χ1v) is 12.6. The van der Waals surface area contributed by atoms with Crippen molar-refractivity contribution in [2.45, 2.75) is 104 Å². The molecule has 2 atom stereocenters. The molecule has 0 aliphatic heterocycles. The smallest absolute Gasteiger partial charge is 0.313 e. The highest BCUT2D eigenvalue weighted by molar-refractivity contribution is 5.76. The van der Waals surface area contributed by atoms with Gasteiger partial charge >= 0.3 is 5.97 Å². The number of hydrogen-bond donors (Lipinski definition) is 2. The molecule has 0 heterocycles. The standard InChI is InChI=1S/C28H44N2O2/c1-7-21(17-20-11-9-8-10-12-20)24-18-25(24)30-23-15-13-22(14-16-23)29-19-28(5,6)26(31)32-27(2,3)4/h8-12,17,22-25,29-30H,7,13-16,18-19H2,1-6H3/b21-17+/t22-,23-,24-,25?/m0/s1. The molecule has 2 N–H and O–H groups in total. The van der Waals surface area contributed by atoms with Gasteiger partial charge in [-0.3, -0.25) is 4.79 Å². The molecule has 0 spiro atoms. The van der Waals surface area contributed by atoms with E-state index in [1.807, 2.05) is 34.6 Å². The summed E-state index contributed by atoms with van der Waals surface area (Å²) in [6.07, 6.45) is 9.53. The van der Waals surface area contributed by atoms with E-state index in [0.29, 0.717) is 30.6 Å². The predicted molar refractivity (Wildman–Crippen MR) is 133 cm³/mol. The molecule has 0 amide bonds. The Hall–Kier alpha value is -1.65. The minimum Gasteiger partial charge on any atom is -0.460 e. The van der Waals surface area contributed by atoms with Gasteiger partial charge in [0.1, 0.15) is 5.60 Å². The topological polar surface area (TPSA) is 50.4 Å². The summed E-state index contributed by atoms with van der Waals surface area (Å²) in [4.78, 5) is 12.5. The molecule has 2 fully saturated rings. The lowest BCUT2D eigenvalue weighted by Crippen LogP contribution is -2.46. The zero-order chi connectivity index (χ0) is 23.4. The lowest BCUT2D eigenvalue weighted by molar-refractivity contribution is -0.165. The number of carbonyl (C=O) groups is 1. The van der Waals surface area contributed by atoms with Crippen LogP contribution < -0.4 is 10.6 Å². The third kappa shape index (κ3) is 7.45. The van der Waals surface area contributed by atoms with Crippen LogP contribution in [0.1, 0.15) is 85.6 Å². The third-order valence-corrected chi connectivity index (χ3v) is 6.79. The summed E-state index contributed by atoms with van der Waals surface area (Å²) in [5, 5.41) is 7.58. The van der Waals surface area contributed by atoms with E-state index in [2.05, 4.69) is 54.0 Å². The highest BCUT2D eigenvalue weighted by Crippen LogP contribution is 2.40. The highest BCUT2D eigenvalue weighted by atomic mass is 16.6. The minimum absolute atomic E-state index is 0.122. The van der Waals surface area contributed by atoms with Gasteiger partial charge in [-0.05, 0) is 84.6 Å². The first kappa shape index (κ1) is 25.0. The SMILES string of the molecule is CC/C(=C\c1ccccc1)[C@@H]1CC1N[C@H]1CC[C@H](NCC(C)(C)C(=O)OC(C)(C)C)CC1. The van der Waals surface area contributed by atoms with E-state index >= 15 is 0 Å². The second-order valence-corrected chi connectivity index (χ2v) is 11.4. The Morgan fingerprint density at radius 2 is 1.66 bits per heavy atom. The van der Waals surface area contributed by atoms with E-state index in [9.17, 15) is 4.79 Å². The number of nitrogens with one attached hydrogen (secondary N) is 2. The van der Waals surface area contributed by atoms with Crippen LogP contribution in [0.5, 0.6) is 0 Å². The lowest BCUT2D eigenvalue weighted by atomic mass is 9.88.